The average Bonchev–Trinajstić information content (AvgIpc) is 3.83. The maximum atomic E-state index is 14.6. The molecule has 24 nitrogen and oxygen atoms in total. The predicted octanol–water partition coefficient (Wildman–Crippen LogP) is -3.19. The Morgan fingerprint density at radius 3 is 2.04 bits per heavy atom. The number of hydrogen-bond acceptors (Lipinski definition) is 15. The molecule has 1 aromatic carbocycles. The van der Waals surface area contributed by atoms with E-state index in [0.717, 1.165) is 21.6 Å². The van der Waals surface area contributed by atoms with Gasteiger partial charge in [0, 0.05) is 36.9 Å². The van der Waals surface area contributed by atoms with Crippen molar-refractivity contribution >= 4 is 86.6 Å². The molecule has 9 atom stereocenters. The summed E-state index contributed by atoms with van der Waals surface area (Å²) in [5.74, 6) is -9.60. The van der Waals surface area contributed by atoms with Gasteiger partial charge in [0.2, 0.25) is 65.0 Å². The predicted molar refractivity (Wildman–Crippen MR) is 270 cm³/mol. The Morgan fingerprint density at radius 1 is 0.764 bits per heavy atom. The molecule has 2 aliphatic rings. The molecule has 0 aromatic heterocycles. The standard InChI is InChI=1S/C46H73N13O11S2/c1-5-26(4)38-45(69)54-30(14-9-17-35(48)60)41(65)56-32(21-36(49)61)42(66)57-33(24-72-71-23-28(47)39(63)55-31(43(67)58-38)20-27-12-7-6-8-13-27)46(70)59-19-11-16-34(59)44(68)53-29(15-10-18-51-25(2)3)40(64)52-22-37(50)62/h6-8,12-13,25-26,28-34,38,51H,5,9-11,14-24,47H2,1-4H3,(H2,48,60)(H2,49,61)(H2,50,62)(H,52,64)(H,53,68)(H,54,69)(H,55,63)(H,56,65)(H,57,66)(H,58,67). The quantitative estimate of drug-likeness (QED) is 0.0427. The van der Waals surface area contributed by atoms with Crippen molar-refractivity contribution in [3.8, 4) is 0 Å². The van der Waals surface area contributed by atoms with E-state index >= 15 is 0 Å². The van der Waals surface area contributed by atoms with Crippen molar-refractivity contribution < 1.29 is 52.7 Å². The van der Waals surface area contributed by atoms with Gasteiger partial charge in [-0.25, -0.2) is 0 Å². The second-order valence-corrected chi connectivity index (χ2v) is 20.7. The molecule has 2 aliphatic heterocycles. The van der Waals surface area contributed by atoms with Crippen LogP contribution in [0.15, 0.2) is 30.3 Å². The van der Waals surface area contributed by atoms with Crippen LogP contribution in [0.2, 0.25) is 0 Å². The molecule has 0 bridgehead atoms. The van der Waals surface area contributed by atoms with Gasteiger partial charge in [-0.05, 0) is 56.6 Å². The van der Waals surface area contributed by atoms with E-state index in [1.54, 1.807) is 44.2 Å². The first-order chi connectivity index (χ1) is 34.1. The largest absolute Gasteiger partial charge is 0.370 e. The minimum absolute atomic E-state index is 0.00361. The van der Waals surface area contributed by atoms with Gasteiger partial charge in [0.25, 0.3) is 0 Å². The molecule has 26 heteroatoms. The van der Waals surface area contributed by atoms with Crippen LogP contribution in [0.25, 0.3) is 0 Å². The molecule has 9 unspecified atom stereocenters. The van der Waals surface area contributed by atoms with E-state index in [9.17, 15) is 52.7 Å². The summed E-state index contributed by atoms with van der Waals surface area (Å²) in [5.41, 5.74) is 23.2. The molecule has 2 heterocycles. The van der Waals surface area contributed by atoms with Crippen LogP contribution in [0, 0.1) is 5.92 Å². The zero-order chi connectivity index (χ0) is 53.5. The van der Waals surface area contributed by atoms with Crippen LogP contribution >= 0.6 is 21.6 Å². The third-order valence-corrected chi connectivity index (χ3v) is 14.4. The molecule has 11 amide bonds. The highest BCUT2D eigenvalue weighted by atomic mass is 33.1. The van der Waals surface area contributed by atoms with Crippen LogP contribution < -0.4 is 65.5 Å². The Hall–Kier alpha value is -5.99. The van der Waals surface area contributed by atoms with E-state index in [4.69, 9.17) is 22.9 Å². The van der Waals surface area contributed by atoms with Crippen molar-refractivity contribution in [1.29, 1.82) is 0 Å². The number of amides is 11. The molecule has 1 aromatic rings. The molecule has 0 saturated carbocycles. The normalized spacial score (nSPS) is 23.8. The van der Waals surface area contributed by atoms with Gasteiger partial charge in [0.05, 0.1) is 19.0 Å². The van der Waals surface area contributed by atoms with Crippen LogP contribution in [-0.2, 0) is 59.2 Å². The number of nitrogens with zero attached hydrogens (tertiary/aromatic N) is 1. The van der Waals surface area contributed by atoms with E-state index < -0.39 is 132 Å². The van der Waals surface area contributed by atoms with Crippen molar-refractivity contribution in [2.24, 2.45) is 28.9 Å². The number of likely N-dealkylation sites (tertiary alicyclic amines) is 1. The lowest BCUT2D eigenvalue weighted by molar-refractivity contribution is -0.142. The lowest BCUT2D eigenvalue weighted by Gasteiger charge is -2.31. The summed E-state index contributed by atoms with van der Waals surface area (Å²) in [6.45, 7) is 7.47. The number of nitrogens with two attached hydrogens (primary N) is 4. The number of carbonyl (C=O) groups excluding carboxylic acids is 11. The second kappa shape index (κ2) is 30.8. The molecule has 0 spiro atoms. The van der Waals surface area contributed by atoms with Crippen LogP contribution in [0.3, 0.4) is 0 Å². The summed E-state index contributed by atoms with van der Waals surface area (Å²) in [6.07, 6.45) is 0.419. The molecule has 400 valence electrons. The number of hydrogen-bond donors (Lipinski definition) is 12. The van der Waals surface area contributed by atoms with E-state index in [0.29, 0.717) is 31.4 Å². The number of nitrogens with one attached hydrogen (secondary N) is 8. The Labute approximate surface area is 427 Å². The molecule has 0 radical (unpaired) electrons. The van der Waals surface area contributed by atoms with Gasteiger partial charge < -0.3 is 70.4 Å². The summed E-state index contributed by atoms with van der Waals surface area (Å²) in [4.78, 5) is 149. The van der Waals surface area contributed by atoms with Crippen LogP contribution in [0.1, 0.15) is 91.0 Å². The zero-order valence-corrected chi connectivity index (χ0v) is 43.0. The highest BCUT2D eigenvalue weighted by molar-refractivity contribution is 8.76. The topological polar surface area (TPSA) is 391 Å². The van der Waals surface area contributed by atoms with Gasteiger partial charge in [0.1, 0.15) is 42.3 Å². The average molecular weight is 1050 g/mol. The third-order valence-electron chi connectivity index (χ3n) is 11.9. The van der Waals surface area contributed by atoms with Gasteiger partial charge >= 0.3 is 0 Å². The van der Waals surface area contributed by atoms with E-state index in [2.05, 4.69) is 42.5 Å². The molecular weight excluding hydrogens is 975 g/mol. The third kappa shape index (κ3) is 20.6. The summed E-state index contributed by atoms with van der Waals surface area (Å²) in [7, 11) is 2.11. The summed E-state index contributed by atoms with van der Waals surface area (Å²) in [5, 5.41) is 21.5. The molecule has 72 heavy (non-hydrogen) atoms. The number of carbonyl (C=O) groups is 11. The van der Waals surface area contributed by atoms with Crippen molar-refractivity contribution in [2.45, 2.75) is 146 Å². The molecule has 0 aliphatic carbocycles. The number of primary amides is 3. The highest BCUT2D eigenvalue weighted by Gasteiger charge is 2.41. The van der Waals surface area contributed by atoms with Crippen molar-refractivity contribution in [2.75, 3.05) is 31.1 Å². The fourth-order valence-electron chi connectivity index (χ4n) is 7.78. The van der Waals surface area contributed by atoms with E-state index in [-0.39, 0.29) is 62.6 Å². The SMILES string of the molecule is CCC(C)C1NC(=O)C(Cc2ccccc2)NC(=O)C(N)CSSCC(C(=O)N2CCCC2C(=O)NC(CCCNC(C)C)C(=O)NCC(N)=O)NC(=O)C(CC(N)=O)NC(=O)C(CCCC(N)=O)NC1=O. The number of rotatable bonds is 21. The Kier molecular flexibility index (Phi) is 25.8. The first kappa shape index (κ1) is 60.3. The zero-order valence-electron chi connectivity index (χ0n) is 41.3. The molecule has 3 rings (SSSR count). The second-order valence-electron chi connectivity index (χ2n) is 18.2. The van der Waals surface area contributed by atoms with Gasteiger partial charge in [-0.3, -0.25) is 52.7 Å². The minimum Gasteiger partial charge on any atom is -0.370 e. The lowest BCUT2D eigenvalue weighted by atomic mass is 9.96. The van der Waals surface area contributed by atoms with Gasteiger partial charge in [0.15, 0.2) is 0 Å². The number of benzene rings is 1. The summed E-state index contributed by atoms with van der Waals surface area (Å²) < 4.78 is 0. The van der Waals surface area contributed by atoms with Crippen LogP contribution in [0.5, 0.6) is 0 Å². The van der Waals surface area contributed by atoms with Gasteiger partial charge in [-0.15, -0.1) is 0 Å². The summed E-state index contributed by atoms with van der Waals surface area (Å²) >= 11 is 0. The van der Waals surface area contributed by atoms with E-state index in [1.165, 1.54) is 4.90 Å². The Morgan fingerprint density at radius 2 is 1.40 bits per heavy atom. The lowest BCUT2D eigenvalue weighted by Crippen LogP contribution is -2.61. The molecular formula is C46H73N13O11S2. The summed E-state index contributed by atoms with van der Waals surface area (Å²) in [6, 6.07) is -1.56. The first-order valence-electron chi connectivity index (χ1n) is 24.1. The molecule has 2 saturated heterocycles. The fourth-order valence-corrected chi connectivity index (χ4v) is 10.1. The van der Waals surface area contributed by atoms with Crippen LogP contribution in [-0.4, -0.2) is 155 Å². The maximum absolute atomic E-state index is 14.6. The van der Waals surface area contributed by atoms with Gasteiger partial charge in [-0.1, -0.05) is 86.0 Å². The minimum atomic E-state index is -1.72. The van der Waals surface area contributed by atoms with Crippen molar-refractivity contribution in [3.05, 3.63) is 35.9 Å². The van der Waals surface area contributed by atoms with Crippen molar-refractivity contribution in [3.63, 3.8) is 0 Å². The van der Waals surface area contributed by atoms with Crippen LogP contribution in [0.4, 0.5) is 0 Å². The molecule has 16 N–H and O–H groups in total. The maximum Gasteiger partial charge on any atom is 0.246 e. The highest BCUT2D eigenvalue weighted by Crippen LogP contribution is 2.26. The Bertz CT molecular complexity index is 2070. The van der Waals surface area contributed by atoms with Gasteiger partial charge in [-0.2, -0.15) is 0 Å². The van der Waals surface area contributed by atoms with Crippen molar-refractivity contribution in [1.82, 2.24) is 47.4 Å². The fraction of sp³-hybridized carbons (Fsp3) is 0.630. The van der Waals surface area contributed by atoms with E-state index in [1.807, 2.05) is 13.8 Å². The molecule has 2 fully saturated rings. The smallest absolute Gasteiger partial charge is 0.246 e. The monoisotopic (exact) mass is 1050 g/mol. The Balaban J connectivity index is 2.04. The first-order valence-corrected chi connectivity index (χ1v) is 26.6.